The second-order valence-corrected chi connectivity index (χ2v) is 5.61. The summed E-state index contributed by atoms with van der Waals surface area (Å²) in [5.41, 5.74) is 0.503. The number of ether oxygens (including phenoxy) is 2. The molecule has 6 heteroatoms. The lowest BCUT2D eigenvalue weighted by Gasteiger charge is -2.18. The summed E-state index contributed by atoms with van der Waals surface area (Å²) >= 11 is 0. The molecule has 1 N–H and O–H groups in total. The number of nitrogens with zero attached hydrogens (tertiary/aromatic N) is 1. The van der Waals surface area contributed by atoms with Crippen molar-refractivity contribution in [2.24, 2.45) is 5.92 Å². The lowest BCUT2D eigenvalue weighted by Crippen LogP contribution is -2.40. The molecule has 1 aromatic rings. The van der Waals surface area contributed by atoms with Crippen LogP contribution in [0.3, 0.4) is 0 Å². The highest BCUT2D eigenvalue weighted by molar-refractivity contribution is 5.84. The molecule has 1 amide bonds. The Hall–Kier alpha value is -2.55. The molecule has 0 radical (unpaired) electrons. The van der Waals surface area contributed by atoms with Crippen LogP contribution >= 0.6 is 0 Å². The molecule has 124 valence electrons. The number of carbonyl (C=O) groups excluding carboxylic acids is 2. The van der Waals surface area contributed by atoms with E-state index in [4.69, 9.17) is 14.7 Å². The SMILES string of the molecule is CC(C)CNC(=O)[C@@H](C)OC(=O)[C@H](C)Oc1ccc(C#N)cc1. The molecule has 0 aromatic heterocycles. The van der Waals surface area contributed by atoms with Crippen LogP contribution in [0.15, 0.2) is 24.3 Å². The Labute approximate surface area is 136 Å². The standard InChI is InChI=1S/C17H22N2O4/c1-11(2)10-19-16(20)12(3)23-17(21)13(4)22-15-7-5-14(9-18)6-8-15/h5-8,11-13H,10H2,1-4H3,(H,19,20)/t12-,13+/m1/s1. The Balaban J connectivity index is 2.49. The molecular weight excluding hydrogens is 296 g/mol. The number of nitrogens with one attached hydrogen (secondary N) is 1. The molecule has 2 atom stereocenters. The molecule has 0 bridgehead atoms. The second kappa shape index (κ2) is 8.79. The Morgan fingerprint density at radius 2 is 1.74 bits per heavy atom. The number of hydrogen-bond donors (Lipinski definition) is 1. The summed E-state index contributed by atoms with van der Waals surface area (Å²) in [5, 5.41) is 11.4. The number of esters is 1. The number of amides is 1. The lowest BCUT2D eigenvalue weighted by molar-refractivity contribution is -0.160. The number of hydrogen-bond acceptors (Lipinski definition) is 5. The van der Waals surface area contributed by atoms with E-state index in [0.29, 0.717) is 23.8 Å². The minimum atomic E-state index is -0.881. The summed E-state index contributed by atoms with van der Waals surface area (Å²) < 4.78 is 10.5. The molecule has 1 aromatic carbocycles. The number of rotatable bonds is 7. The van der Waals surface area contributed by atoms with Crippen molar-refractivity contribution < 1.29 is 19.1 Å². The number of benzene rings is 1. The molecule has 6 nitrogen and oxygen atoms in total. The van der Waals surface area contributed by atoms with Crippen molar-refractivity contribution in [3.05, 3.63) is 29.8 Å². The third-order valence-electron chi connectivity index (χ3n) is 2.97. The van der Waals surface area contributed by atoms with Gasteiger partial charge in [-0.3, -0.25) is 4.79 Å². The van der Waals surface area contributed by atoms with Gasteiger partial charge in [-0.05, 0) is 44.0 Å². The summed E-state index contributed by atoms with van der Waals surface area (Å²) in [4.78, 5) is 23.7. The average molecular weight is 318 g/mol. The van der Waals surface area contributed by atoms with Crippen molar-refractivity contribution in [2.45, 2.75) is 39.9 Å². The van der Waals surface area contributed by atoms with Gasteiger partial charge in [-0.25, -0.2) is 4.79 Å². The predicted molar refractivity (Wildman–Crippen MR) is 84.6 cm³/mol. The summed E-state index contributed by atoms with van der Waals surface area (Å²) in [5.74, 6) is -0.190. The molecule has 0 aliphatic heterocycles. The molecule has 0 heterocycles. The van der Waals surface area contributed by atoms with E-state index in [9.17, 15) is 9.59 Å². The minimum Gasteiger partial charge on any atom is -0.479 e. The number of nitriles is 1. The molecule has 0 fully saturated rings. The van der Waals surface area contributed by atoms with Crippen LogP contribution in [-0.4, -0.2) is 30.6 Å². The molecule has 0 aliphatic carbocycles. The van der Waals surface area contributed by atoms with Gasteiger partial charge in [-0.1, -0.05) is 13.8 Å². The Kier molecular flexibility index (Phi) is 7.07. The second-order valence-electron chi connectivity index (χ2n) is 5.61. The monoisotopic (exact) mass is 318 g/mol. The van der Waals surface area contributed by atoms with Gasteiger partial charge in [0.25, 0.3) is 5.91 Å². The summed E-state index contributed by atoms with van der Waals surface area (Å²) in [6, 6.07) is 8.38. The summed E-state index contributed by atoms with van der Waals surface area (Å²) in [6.07, 6.45) is -1.74. The Morgan fingerprint density at radius 1 is 1.13 bits per heavy atom. The van der Waals surface area contributed by atoms with Crippen LogP contribution < -0.4 is 10.1 Å². The van der Waals surface area contributed by atoms with Crippen molar-refractivity contribution in [3.8, 4) is 11.8 Å². The fourth-order valence-corrected chi connectivity index (χ4v) is 1.63. The Morgan fingerprint density at radius 3 is 2.26 bits per heavy atom. The molecular formula is C17H22N2O4. The van der Waals surface area contributed by atoms with Crippen molar-refractivity contribution in [1.82, 2.24) is 5.32 Å². The van der Waals surface area contributed by atoms with Crippen LogP contribution in [-0.2, 0) is 14.3 Å². The number of carbonyl (C=O) groups is 2. The van der Waals surface area contributed by atoms with Gasteiger partial charge in [0.1, 0.15) is 5.75 Å². The molecule has 0 saturated heterocycles. The average Bonchev–Trinajstić information content (AvgIpc) is 2.52. The molecule has 0 spiro atoms. The fraction of sp³-hybridized carbons (Fsp3) is 0.471. The van der Waals surface area contributed by atoms with Gasteiger partial charge in [0, 0.05) is 6.54 Å². The maximum Gasteiger partial charge on any atom is 0.347 e. The first-order valence-corrected chi connectivity index (χ1v) is 7.48. The zero-order valence-electron chi connectivity index (χ0n) is 13.8. The van der Waals surface area contributed by atoms with E-state index >= 15 is 0 Å². The maximum atomic E-state index is 11.9. The lowest BCUT2D eigenvalue weighted by atomic mass is 10.2. The van der Waals surface area contributed by atoms with Crippen LogP contribution in [0.1, 0.15) is 33.3 Å². The first-order chi connectivity index (χ1) is 10.8. The van der Waals surface area contributed by atoms with Gasteiger partial charge in [-0.2, -0.15) is 5.26 Å². The van der Waals surface area contributed by atoms with Gasteiger partial charge >= 0.3 is 5.97 Å². The third kappa shape index (κ3) is 6.39. The summed E-state index contributed by atoms with van der Waals surface area (Å²) in [6.45, 7) is 7.54. The van der Waals surface area contributed by atoms with Gasteiger partial charge in [0.15, 0.2) is 12.2 Å². The van der Waals surface area contributed by atoms with Crippen LogP contribution in [0.25, 0.3) is 0 Å². The first kappa shape index (κ1) is 18.5. The molecule has 0 saturated carbocycles. The van der Waals surface area contributed by atoms with Crippen LogP contribution in [0.4, 0.5) is 0 Å². The zero-order valence-corrected chi connectivity index (χ0v) is 13.8. The zero-order chi connectivity index (χ0) is 17.4. The summed E-state index contributed by atoms with van der Waals surface area (Å²) in [7, 11) is 0. The van der Waals surface area contributed by atoms with E-state index in [1.54, 1.807) is 31.2 Å². The first-order valence-electron chi connectivity index (χ1n) is 7.48. The van der Waals surface area contributed by atoms with Crippen molar-refractivity contribution in [2.75, 3.05) is 6.54 Å². The highest BCUT2D eigenvalue weighted by Crippen LogP contribution is 2.14. The van der Waals surface area contributed by atoms with Gasteiger partial charge in [0.2, 0.25) is 0 Å². The molecule has 0 unspecified atom stereocenters. The van der Waals surface area contributed by atoms with E-state index < -0.39 is 18.2 Å². The van der Waals surface area contributed by atoms with Crippen molar-refractivity contribution >= 4 is 11.9 Å². The smallest absolute Gasteiger partial charge is 0.347 e. The molecule has 23 heavy (non-hydrogen) atoms. The third-order valence-corrected chi connectivity index (χ3v) is 2.97. The largest absolute Gasteiger partial charge is 0.479 e. The van der Waals surface area contributed by atoms with E-state index in [0.717, 1.165) is 0 Å². The molecule has 0 aliphatic rings. The molecule has 1 rings (SSSR count). The predicted octanol–water partition coefficient (Wildman–Crippen LogP) is 2.03. The normalized spacial score (nSPS) is 12.9. The quantitative estimate of drug-likeness (QED) is 0.777. The highest BCUT2D eigenvalue weighted by Gasteiger charge is 2.23. The van der Waals surface area contributed by atoms with Crippen molar-refractivity contribution in [1.29, 1.82) is 5.26 Å². The van der Waals surface area contributed by atoms with E-state index in [1.165, 1.54) is 6.92 Å². The van der Waals surface area contributed by atoms with E-state index in [2.05, 4.69) is 5.32 Å². The van der Waals surface area contributed by atoms with Gasteiger partial charge in [-0.15, -0.1) is 0 Å². The highest BCUT2D eigenvalue weighted by atomic mass is 16.6. The van der Waals surface area contributed by atoms with Crippen LogP contribution in [0.5, 0.6) is 5.75 Å². The van der Waals surface area contributed by atoms with Gasteiger partial charge < -0.3 is 14.8 Å². The van der Waals surface area contributed by atoms with E-state index in [-0.39, 0.29) is 5.91 Å². The maximum absolute atomic E-state index is 11.9. The van der Waals surface area contributed by atoms with Gasteiger partial charge in [0.05, 0.1) is 11.6 Å². The Bertz CT molecular complexity index is 575. The van der Waals surface area contributed by atoms with E-state index in [1.807, 2.05) is 19.9 Å². The van der Waals surface area contributed by atoms with Crippen LogP contribution in [0, 0.1) is 17.2 Å². The topological polar surface area (TPSA) is 88.4 Å². The van der Waals surface area contributed by atoms with Crippen LogP contribution in [0.2, 0.25) is 0 Å². The fourth-order valence-electron chi connectivity index (χ4n) is 1.63. The van der Waals surface area contributed by atoms with Crippen molar-refractivity contribution in [3.63, 3.8) is 0 Å². The minimum absolute atomic E-state index is 0.320.